The molecule has 2 N–H and O–H groups in total. The molecule has 3 rings (SSSR count). The summed E-state index contributed by atoms with van der Waals surface area (Å²) in [6.45, 7) is 0. The summed E-state index contributed by atoms with van der Waals surface area (Å²) in [4.78, 5) is 4.07. The monoisotopic (exact) mass is 188 g/mol. The van der Waals surface area contributed by atoms with Gasteiger partial charge in [0.15, 0.2) is 12.0 Å². The van der Waals surface area contributed by atoms with Crippen LogP contribution in [0.1, 0.15) is 18.4 Å². The number of oxazole rings is 1. The Hall–Kier alpha value is -1.35. The maximum Gasteiger partial charge on any atom is 0.181 e. The number of nitrogens with zero attached hydrogens (tertiary/aromatic N) is 1. The van der Waals surface area contributed by atoms with E-state index in [2.05, 4.69) is 11.1 Å². The Kier molecular flexibility index (Phi) is 1.47. The molecule has 0 aliphatic heterocycles. The van der Waals surface area contributed by atoms with E-state index in [9.17, 15) is 0 Å². The van der Waals surface area contributed by atoms with Gasteiger partial charge in [-0.05, 0) is 37.0 Å². The Morgan fingerprint density at radius 1 is 1.43 bits per heavy atom. The van der Waals surface area contributed by atoms with E-state index in [1.54, 1.807) is 0 Å². The fraction of sp³-hybridized carbons (Fsp3) is 0.364. The Morgan fingerprint density at radius 2 is 2.29 bits per heavy atom. The molecule has 1 saturated carbocycles. The molecule has 0 unspecified atom stereocenters. The summed E-state index contributed by atoms with van der Waals surface area (Å²) in [6, 6.07) is 6.10. The lowest BCUT2D eigenvalue weighted by Crippen LogP contribution is -2.24. The average molecular weight is 188 g/mol. The SMILES string of the molecule is NC1(Cc2ccc3ncoc3c2)CC1. The van der Waals surface area contributed by atoms with E-state index >= 15 is 0 Å². The first-order valence-electron chi connectivity index (χ1n) is 4.86. The second kappa shape index (κ2) is 2.58. The minimum absolute atomic E-state index is 0.0632. The van der Waals surface area contributed by atoms with Crippen molar-refractivity contribution in [2.75, 3.05) is 0 Å². The van der Waals surface area contributed by atoms with Crippen LogP contribution in [0.25, 0.3) is 11.1 Å². The van der Waals surface area contributed by atoms with Crippen molar-refractivity contribution < 1.29 is 4.42 Å². The predicted molar refractivity (Wildman–Crippen MR) is 53.9 cm³/mol. The van der Waals surface area contributed by atoms with Gasteiger partial charge in [0.1, 0.15) is 5.52 Å². The van der Waals surface area contributed by atoms with Crippen molar-refractivity contribution in [2.45, 2.75) is 24.8 Å². The van der Waals surface area contributed by atoms with Crippen molar-refractivity contribution in [2.24, 2.45) is 5.73 Å². The Labute approximate surface area is 81.9 Å². The highest BCUT2D eigenvalue weighted by Gasteiger charge is 2.37. The van der Waals surface area contributed by atoms with Gasteiger partial charge in [0, 0.05) is 5.54 Å². The van der Waals surface area contributed by atoms with Gasteiger partial charge in [-0.25, -0.2) is 4.98 Å². The third-order valence-corrected chi connectivity index (χ3v) is 2.84. The van der Waals surface area contributed by atoms with Gasteiger partial charge in [-0.2, -0.15) is 0 Å². The van der Waals surface area contributed by atoms with Crippen LogP contribution in [0.5, 0.6) is 0 Å². The standard InChI is InChI=1S/C11H12N2O/c12-11(3-4-11)6-8-1-2-9-10(5-8)14-7-13-9/h1-2,5,7H,3-4,6,12H2. The summed E-state index contributed by atoms with van der Waals surface area (Å²) in [5, 5.41) is 0. The highest BCUT2D eigenvalue weighted by Crippen LogP contribution is 2.35. The van der Waals surface area contributed by atoms with Crippen LogP contribution in [0.4, 0.5) is 0 Å². The largest absolute Gasteiger partial charge is 0.443 e. The average Bonchev–Trinajstić information content (AvgIpc) is 2.73. The number of hydrogen-bond acceptors (Lipinski definition) is 3. The molecule has 0 amide bonds. The molecule has 72 valence electrons. The molecule has 0 spiro atoms. The zero-order valence-corrected chi connectivity index (χ0v) is 7.86. The van der Waals surface area contributed by atoms with Crippen LogP contribution in [-0.2, 0) is 6.42 Å². The molecule has 1 heterocycles. The molecule has 3 heteroatoms. The van der Waals surface area contributed by atoms with E-state index in [1.807, 2.05) is 12.1 Å². The second-order valence-electron chi connectivity index (χ2n) is 4.19. The molecule has 14 heavy (non-hydrogen) atoms. The van der Waals surface area contributed by atoms with Crippen LogP contribution in [0, 0.1) is 0 Å². The van der Waals surface area contributed by atoms with Gasteiger partial charge in [-0.15, -0.1) is 0 Å². The Balaban J connectivity index is 1.97. The highest BCUT2D eigenvalue weighted by atomic mass is 16.3. The molecule has 2 aromatic rings. The van der Waals surface area contributed by atoms with Crippen LogP contribution in [0.15, 0.2) is 29.0 Å². The number of benzene rings is 1. The van der Waals surface area contributed by atoms with Gasteiger partial charge >= 0.3 is 0 Å². The maximum absolute atomic E-state index is 6.05. The van der Waals surface area contributed by atoms with Gasteiger partial charge in [-0.1, -0.05) is 6.07 Å². The predicted octanol–water partition coefficient (Wildman–Crippen LogP) is 1.86. The van der Waals surface area contributed by atoms with Crippen molar-refractivity contribution in [1.82, 2.24) is 4.98 Å². The fourth-order valence-electron chi connectivity index (χ4n) is 1.75. The van der Waals surface area contributed by atoms with Gasteiger partial charge in [0.2, 0.25) is 0 Å². The molecule has 0 saturated heterocycles. The molecule has 0 atom stereocenters. The van der Waals surface area contributed by atoms with E-state index in [-0.39, 0.29) is 5.54 Å². The molecular weight excluding hydrogens is 176 g/mol. The first-order valence-corrected chi connectivity index (χ1v) is 4.86. The van der Waals surface area contributed by atoms with Crippen molar-refractivity contribution in [3.8, 4) is 0 Å². The van der Waals surface area contributed by atoms with Crippen LogP contribution in [-0.4, -0.2) is 10.5 Å². The van der Waals surface area contributed by atoms with Crippen molar-refractivity contribution in [3.63, 3.8) is 0 Å². The lowest BCUT2D eigenvalue weighted by Gasteiger charge is -2.07. The zero-order valence-electron chi connectivity index (χ0n) is 7.86. The van der Waals surface area contributed by atoms with Crippen molar-refractivity contribution in [3.05, 3.63) is 30.2 Å². The van der Waals surface area contributed by atoms with Gasteiger partial charge in [-0.3, -0.25) is 0 Å². The molecule has 0 bridgehead atoms. The smallest absolute Gasteiger partial charge is 0.181 e. The molecule has 3 nitrogen and oxygen atoms in total. The van der Waals surface area contributed by atoms with E-state index < -0.39 is 0 Å². The molecule has 1 aliphatic carbocycles. The number of nitrogens with two attached hydrogens (primary N) is 1. The van der Waals surface area contributed by atoms with Gasteiger partial charge in [0.25, 0.3) is 0 Å². The first-order chi connectivity index (χ1) is 6.75. The summed E-state index contributed by atoms with van der Waals surface area (Å²) in [7, 11) is 0. The quantitative estimate of drug-likeness (QED) is 0.782. The number of hydrogen-bond donors (Lipinski definition) is 1. The first kappa shape index (κ1) is 8.00. The summed E-state index contributed by atoms with van der Waals surface area (Å²) in [6.07, 6.45) is 4.70. The van der Waals surface area contributed by atoms with E-state index in [4.69, 9.17) is 10.2 Å². The van der Waals surface area contributed by atoms with E-state index in [0.717, 1.165) is 30.4 Å². The normalized spacial score (nSPS) is 18.6. The van der Waals surface area contributed by atoms with E-state index in [1.165, 1.54) is 12.0 Å². The number of rotatable bonds is 2. The van der Waals surface area contributed by atoms with Crippen LogP contribution >= 0.6 is 0 Å². The Morgan fingerprint density at radius 3 is 3.07 bits per heavy atom. The third kappa shape index (κ3) is 1.30. The minimum Gasteiger partial charge on any atom is -0.443 e. The number of fused-ring (bicyclic) bond motifs is 1. The van der Waals surface area contributed by atoms with Crippen LogP contribution in [0.2, 0.25) is 0 Å². The Bertz CT molecular complexity index is 471. The van der Waals surface area contributed by atoms with Crippen molar-refractivity contribution in [1.29, 1.82) is 0 Å². The molecule has 1 aromatic carbocycles. The molecule has 0 radical (unpaired) electrons. The topological polar surface area (TPSA) is 52.0 Å². The van der Waals surface area contributed by atoms with Crippen LogP contribution in [0.3, 0.4) is 0 Å². The van der Waals surface area contributed by atoms with Crippen LogP contribution < -0.4 is 5.73 Å². The third-order valence-electron chi connectivity index (χ3n) is 2.84. The lowest BCUT2D eigenvalue weighted by atomic mass is 10.0. The molecule has 1 aromatic heterocycles. The summed E-state index contributed by atoms with van der Waals surface area (Å²) < 4.78 is 5.24. The summed E-state index contributed by atoms with van der Waals surface area (Å²) >= 11 is 0. The van der Waals surface area contributed by atoms with Gasteiger partial charge in [0.05, 0.1) is 0 Å². The summed E-state index contributed by atoms with van der Waals surface area (Å²) in [5.74, 6) is 0. The molecular formula is C11H12N2O. The molecule has 1 aliphatic rings. The maximum atomic E-state index is 6.05. The zero-order chi connectivity index (χ0) is 9.60. The summed E-state index contributed by atoms with van der Waals surface area (Å²) in [5.41, 5.74) is 9.13. The lowest BCUT2D eigenvalue weighted by molar-refractivity contribution is 0.600. The fourth-order valence-corrected chi connectivity index (χ4v) is 1.75. The minimum atomic E-state index is 0.0632. The second-order valence-corrected chi connectivity index (χ2v) is 4.19. The molecule has 1 fully saturated rings. The number of aromatic nitrogens is 1. The highest BCUT2D eigenvalue weighted by molar-refractivity contribution is 5.72. The van der Waals surface area contributed by atoms with Gasteiger partial charge < -0.3 is 10.2 Å². The van der Waals surface area contributed by atoms with E-state index in [0.29, 0.717) is 0 Å². The van der Waals surface area contributed by atoms with Crippen molar-refractivity contribution >= 4 is 11.1 Å².